The molecule has 2 nitrogen and oxygen atoms in total. The Bertz CT molecular complexity index is 140. The van der Waals surface area contributed by atoms with Crippen molar-refractivity contribution in [3.63, 3.8) is 0 Å². The van der Waals surface area contributed by atoms with Crippen LogP contribution in [0.2, 0.25) is 0 Å². The molecule has 0 aliphatic heterocycles. The fraction of sp³-hybridized carbons (Fsp3) is 0.200. The van der Waals surface area contributed by atoms with Gasteiger partial charge in [-0.25, -0.2) is 0 Å². The van der Waals surface area contributed by atoms with Crippen molar-refractivity contribution in [1.82, 2.24) is 9.97 Å². The average molecular weight is 144 g/mol. The smallest absolute Gasteiger partial charge is 0.431 e. The standard InChI is InChI=1S/C5H5N2.V/c1-5-2-3-6-4-7-5;/h3-4H,1H3;/q-1;+2. The number of nitrogens with zero attached hydrogens (tertiary/aromatic N) is 2. The van der Waals surface area contributed by atoms with Gasteiger partial charge >= 0.3 is 18.6 Å². The molecule has 0 saturated heterocycles. The molecule has 0 saturated carbocycles. The van der Waals surface area contributed by atoms with E-state index in [1.165, 1.54) is 6.33 Å². The number of hydrogen-bond acceptors (Lipinski definition) is 2. The first-order valence-corrected chi connectivity index (χ1v) is 2.04. The predicted octanol–water partition coefficient (Wildman–Crippen LogP) is 0.583. The quantitative estimate of drug-likeness (QED) is 0.498. The van der Waals surface area contributed by atoms with Crippen LogP contribution in [0.5, 0.6) is 0 Å². The summed E-state index contributed by atoms with van der Waals surface area (Å²) >= 11 is 0. The van der Waals surface area contributed by atoms with Crippen molar-refractivity contribution in [1.29, 1.82) is 0 Å². The molecule has 0 spiro atoms. The van der Waals surface area contributed by atoms with Crippen LogP contribution in [0.1, 0.15) is 5.69 Å². The summed E-state index contributed by atoms with van der Waals surface area (Å²) in [5.74, 6) is 0. The molecule has 0 aliphatic carbocycles. The topological polar surface area (TPSA) is 25.8 Å². The third-order valence-electron chi connectivity index (χ3n) is 0.666. The van der Waals surface area contributed by atoms with E-state index in [0.717, 1.165) is 5.69 Å². The molecule has 0 amide bonds. The minimum absolute atomic E-state index is 0. The fourth-order valence-electron chi connectivity index (χ4n) is 0.321. The van der Waals surface area contributed by atoms with Gasteiger partial charge in [0.2, 0.25) is 0 Å². The van der Waals surface area contributed by atoms with E-state index in [1.54, 1.807) is 6.20 Å². The molecule has 1 radical (unpaired) electrons. The van der Waals surface area contributed by atoms with Gasteiger partial charge in [-0.15, -0.1) is 11.9 Å². The molecule has 1 aromatic heterocycles. The van der Waals surface area contributed by atoms with E-state index in [9.17, 15) is 0 Å². The molecule has 0 bridgehead atoms. The Balaban J connectivity index is 0.000000490. The monoisotopic (exact) mass is 144 g/mol. The number of rotatable bonds is 0. The van der Waals surface area contributed by atoms with E-state index in [-0.39, 0.29) is 18.6 Å². The third kappa shape index (κ3) is 2.10. The van der Waals surface area contributed by atoms with Gasteiger partial charge in [-0.3, -0.25) is 9.97 Å². The average Bonchev–Trinajstić information content (AvgIpc) is 1.69. The van der Waals surface area contributed by atoms with Crippen LogP contribution in [0.25, 0.3) is 0 Å². The van der Waals surface area contributed by atoms with Crippen LogP contribution in [0.3, 0.4) is 0 Å². The van der Waals surface area contributed by atoms with Crippen LogP contribution < -0.4 is 0 Å². The minimum Gasteiger partial charge on any atom is -0.431 e. The van der Waals surface area contributed by atoms with Gasteiger partial charge in [0.15, 0.2) is 0 Å². The zero-order valence-electron chi connectivity index (χ0n) is 4.50. The van der Waals surface area contributed by atoms with Crippen molar-refractivity contribution in [3.8, 4) is 0 Å². The third-order valence-corrected chi connectivity index (χ3v) is 0.666. The van der Waals surface area contributed by atoms with E-state index in [1.807, 2.05) is 6.92 Å². The van der Waals surface area contributed by atoms with Crippen molar-refractivity contribution in [3.05, 3.63) is 24.3 Å². The molecule has 1 rings (SSSR count). The van der Waals surface area contributed by atoms with E-state index < -0.39 is 0 Å². The number of aromatic nitrogens is 2. The molecule has 0 N–H and O–H groups in total. The Hall–Kier alpha value is -0.336. The molecular formula is C5H5N2V+. The summed E-state index contributed by atoms with van der Waals surface area (Å²) < 4.78 is 0. The Morgan fingerprint density at radius 1 is 1.62 bits per heavy atom. The van der Waals surface area contributed by atoms with E-state index >= 15 is 0 Å². The Kier molecular flexibility index (Phi) is 3.49. The van der Waals surface area contributed by atoms with Gasteiger partial charge in [-0.05, 0) is 0 Å². The largest absolute Gasteiger partial charge is 2.00 e. The molecule has 0 aromatic carbocycles. The normalized spacial score (nSPS) is 7.62. The van der Waals surface area contributed by atoms with Gasteiger partial charge in [-0.2, -0.15) is 0 Å². The Labute approximate surface area is 60.2 Å². The molecule has 3 heteroatoms. The van der Waals surface area contributed by atoms with Crippen LogP contribution in [0.15, 0.2) is 12.5 Å². The summed E-state index contributed by atoms with van der Waals surface area (Å²) in [7, 11) is 0. The summed E-state index contributed by atoms with van der Waals surface area (Å²) in [6.45, 7) is 1.88. The summed E-state index contributed by atoms with van der Waals surface area (Å²) in [6.07, 6.45) is 3.11. The molecule has 0 unspecified atom stereocenters. The van der Waals surface area contributed by atoms with Gasteiger partial charge in [0.25, 0.3) is 0 Å². The molecule has 1 aromatic rings. The van der Waals surface area contributed by atoms with Crippen molar-refractivity contribution < 1.29 is 18.6 Å². The maximum absolute atomic E-state index is 3.81. The maximum Gasteiger partial charge on any atom is 2.00 e. The fourth-order valence-corrected chi connectivity index (χ4v) is 0.321. The zero-order valence-corrected chi connectivity index (χ0v) is 5.89. The minimum atomic E-state index is 0. The van der Waals surface area contributed by atoms with Crippen molar-refractivity contribution in [2.45, 2.75) is 6.92 Å². The second-order valence-electron chi connectivity index (χ2n) is 1.25. The van der Waals surface area contributed by atoms with Gasteiger partial charge < -0.3 is 6.07 Å². The van der Waals surface area contributed by atoms with Gasteiger partial charge in [0, 0.05) is 0 Å². The second-order valence-corrected chi connectivity index (χ2v) is 1.25. The van der Waals surface area contributed by atoms with Crippen LogP contribution in [0.4, 0.5) is 0 Å². The van der Waals surface area contributed by atoms with Gasteiger partial charge in [-0.1, -0.05) is 6.92 Å². The Morgan fingerprint density at radius 3 is 2.62 bits per heavy atom. The summed E-state index contributed by atoms with van der Waals surface area (Å²) in [5, 5.41) is 0. The molecule has 0 fully saturated rings. The molecule has 8 heavy (non-hydrogen) atoms. The predicted molar refractivity (Wildman–Crippen MR) is 25.6 cm³/mol. The van der Waals surface area contributed by atoms with E-state index in [0.29, 0.717) is 0 Å². The van der Waals surface area contributed by atoms with Gasteiger partial charge in [0.05, 0.1) is 0 Å². The first kappa shape index (κ1) is 7.66. The van der Waals surface area contributed by atoms with Crippen LogP contribution >= 0.6 is 0 Å². The summed E-state index contributed by atoms with van der Waals surface area (Å²) in [4.78, 5) is 7.49. The molecule has 39 valence electrons. The first-order chi connectivity index (χ1) is 3.39. The first-order valence-electron chi connectivity index (χ1n) is 2.04. The SMILES string of the molecule is Cc1[c-]cncn1.[V+2]. The van der Waals surface area contributed by atoms with Crippen LogP contribution in [-0.2, 0) is 18.6 Å². The molecule has 0 aliphatic rings. The van der Waals surface area contributed by atoms with E-state index in [2.05, 4.69) is 16.0 Å². The van der Waals surface area contributed by atoms with Gasteiger partial charge in [0.1, 0.15) is 6.33 Å². The van der Waals surface area contributed by atoms with Crippen LogP contribution in [-0.4, -0.2) is 9.97 Å². The molecule has 0 atom stereocenters. The van der Waals surface area contributed by atoms with E-state index in [4.69, 9.17) is 0 Å². The summed E-state index contributed by atoms with van der Waals surface area (Å²) in [5.41, 5.74) is 0.884. The summed E-state index contributed by atoms with van der Waals surface area (Å²) in [6, 6.07) is 2.81. The van der Waals surface area contributed by atoms with Crippen molar-refractivity contribution in [2.75, 3.05) is 0 Å². The molecular weight excluding hydrogens is 139 g/mol. The number of aryl methyl sites for hydroxylation is 1. The van der Waals surface area contributed by atoms with Crippen LogP contribution in [0, 0.1) is 13.0 Å². The zero-order chi connectivity index (χ0) is 5.11. The van der Waals surface area contributed by atoms with Crippen molar-refractivity contribution in [2.24, 2.45) is 0 Å². The molecule has 1 heterocycles. The Morgan fingerprint density at radius 2 is 2.38 bits per heavy atom. The second kappa shape index (κ2) is 3.64. The van der Waals surface area contributed by atoms with Crippen molar-refractivity contribution >= 4 is 0 Å². The number of hydrogen-bond donors (Lipinski definition) is 0. The maximum atomic E-state index is 3.81.